The fourth-order valence-electron chi connectivity index (χ4n) is 4.06. The molecule has 0 saturated heterocycles. The minimum absolute atomic E-state index is 0.0945. The molecule has 0 fully saturated rings. The molecule has 0 aromatic heterocycles. The highest BCUT2D eigenvalue weighted by Crippen LogP contribution is 2.44. The molecule has 5 nitrogen and oxygen atoms in total. The van der Waals surface area contributed by atoms with Crippen LogP contribution >= 0.6 is 0 Å². The van der Waals surface area contributed by atoms with Crippen molar-refractivity contribution in [2.45, 2.75) is 54.0 Å². The van der Waals surface area contributed by atoms with E-state index in [0.29, 0.717) is 17.8 Å². The van der Waals surface area contributed by atoms with E-state index in [1.807, 2.05) is 57.2 Å². The highest BCUT2D eigenvalue weighted by Gasteiger charge is 2.41. The van der Waals surface area contributed by atoms with E-state index in [9.17, 15) is 9.59 Å². The van der Waals surface area contributed by atoms with Crippen molar-refractivity contribution in [1.82, 2.24) is 0 Å². The molecule has 0 saturated carbocycles. The number of aryl methyl sites for hydroxylation is 2. The van der Waals surface area contributed by atoms with Crippen molar-refractivity contribution in [1.29, 1.82) is 0 Å². The number of ketones is 1. The van der Waals surface area contributed by atoms with Gasteiger partial charge in [-0.25, -0.2) is 0 Å². The molecule has 1 aliphatic heterocycles. The van der Waals surface area contributed by atoms with Gasteiger partial charge in [0.15, 0.2) is 5.78 Å². The van der Waals surface area contributed by atoms with Crippen LogP contribution in [0.25, 0.3) is 0 Å². The molecule has 2 aromatic carbocycles. The van der Waals surface area contributed by atoms with E-state index in [0.717, 1.165) is 40.2 Å². The summed E-state index contributed by atoms with van der Waals surface area (Å²) in [5, 5.41) is 0. The summed E-state index contributed by atoms with van der Waals surface area (Å²) >= 11 is 0. The van der Waals surface area contributed by atoms with Crippen LogP contribution in [0, 0.1) is 13.8 Å². The first-order valence-electron chi connectivity index (χ1n) is 10.7. The number of carbonyl (C=O) groups is 2. The third-order valence-corrected chi connectivity index (χ3v) is 5.60. The van der Waals surface area contributed by atoms with Crippen LogP contribution in [-0.2, 0) is 9.59 Å². The van der Waals surface area contributed by atoms with Gasteiger partial charge >= 0.3 is 0 Å². The van der Waals surface area contributed by atoms with Gasteiger partial charge < -0.3 is 4.74 Å². The second-order valence-electron chi connectivity index (χ2n) is 7.90. The maximum Gasteiger partial charge on any atom is 0.255 e. The van der Waals surface area contributed by atoms with Crippen LogP contribution < -0.4 is 9.64 Å². The average molecular weight is 419 g/mol. The maximum absolute atomic E-state index is 13.3. The van der Waals surface area contributed by atoms with Crippen molar-refractivity contribution < 1.29 is 14.3 Å². The summed E-state index contributed by atoms with van der Waals surface area (Å²) in [7, 11) is 0. The lowest BCUT2D eigenvalue weighted by molar-refractivity contribution is -0.115. The predicted molar refractivity (Wildman–Crippen MR) is 126 cm³/mol. The van der Waals surface area contributed by atoms with E-state index < -0.39 is 6.04 Å². The Kier molecular flexibility index (Phi) is 6.74. The van der Waals surface area contributed by atoms with Gasteiger partial charge in [-0.05, 0) is 82.0 Å². The second-order valence-corrected chi connectivity index (χ2v) is 7.90. The molecule has 1 atom stereocenters. The standard InChI is InChI=1S/C26H30N2O3/c1-7-13-31-21-11-12-22(17(4)14-21)25-24(19(6)29)18(5)26(30)28(25)20-10-9-16(3)23(15-20)27-8-2/h8-12,14-15,25H,7,13H2,1-6H3. The lowest BCUT2D eigenvalue weighted by Gasteiger charge is -2.29. The number of carbonyl (C=O) groups excluding carboxylic acids is 2. The lowest BCUT2D eigenvalue weighted by atomic mass is 9.92. The largest absolute Gasteiger partial charge is 0.494 e. The SMILES string of the molecule is CC=Nc1cc(N2C(=O)C(C)=C(C(C)=O)C2c2ccc(OCCC)cc2C)ccc1C. The summed E-state index contributed by atoms with van der Waals surface area (Å²) in [6.07, 6.45) is 2.66. The van der Waals surface area contributed by atoms with Gasteiger partial charge in [0.1, 0.15) is 5.75 Å². The molecule has 0 spiro atoms. The Morgan fingerprint density at radius 1 is 1.13 bits per heavy atom. The second kappa shape index (κ2) is 9.29. The van der Waals surface area contributed by atoms with Crippen LogP contribution in [0.4, 0.5) is 11.4 Å². The predicted octanol–water partition coefficient (Wildman–Crippen LogP) is 5.81. The molecule has 5 heteroatoms. The third-order valence-electron chi connectivity index (χ3n) is 5.60. The van der Waals surface area contributed by atoms with Crippen molar-refractivity contribution in [2.24, 2.45) is 4.99 Å². The lowest BCUT2D eigenvalue weighted by Crippen LogP contribution is -2.31. The van der Waals surface area contributed by atoms with Crippen LogP contribution in [0.2, 0.25) is 0 Å². The summed E-state index contributed by atoms with van der Waals surface area (Å²) in [6.45, 7) is 11.8. The zero-order valence-corrected chi connectivity index (χ0v) is 19.2. The van der Waals surface area contributed by atoms with Gasteiger partial charge in [-0.3, -0.25) is 19.5 Å². The van der Waals surface area contributed by atoms with E-state index in [-0.39, 0.29) is 11.7 Å². The van der Waals surface area contributed by atoms with Crippen LogP contribution in [0.3, 0.4) is 0 Å². The molecule has 0 N–H and O–H groups in total. The molecule has 0 aliphatic carbocycles. The molecule has 162 valence electrons. The van der Waals surface area contributed by atoms with Crippen LogP contribution in [0.1, 0.15) is 56.8 Å². The number of rotatable bonds is 7. The van der Waals surface area contributed by atoms with E-state index >= 15 is 0 Å². The zero-order chi connectivity index (χ0) is 22.7. The molecular weight excluding hydrogens is 388 g/mol. The zero-order valence-electron chi connectivity index (χ0n) is 19.2. The molecule has 1 heterocycles. The van der Waals surface area contributed by atoms with E-state index in [4.69, 9.17) is 4.74 Å². The molecule has 3 rings (SSSR count). The van der Waals surface area contributed by atoms with Gasteiger partial charge in [0.25, 0.3) is 5.91 Å². The van der Waals surface area contributed by atoms with Crippen LogP contribution in [0.5, 0.6) is 5.75 Å². The van der Waals surface area contributed by atoms with Gasteiger partial charge in [0, 0.05) is 23.0 Å². The molecule has 1 unspecified atom stereocenters. The molecule has 31 heavy (non-hydrogen) atoms. The molecule has 1 amide bonds. The summed E-state index contributed by atoms with van der Waals surface area (Å²) in [5.41, 5.74) is 5.48. The number of aliphatic imine (C=N–C) groups is 1. The number of hydrogen-bond acceptors (Lipinski definition) is 4. The highest BCUT2D eigenvalue weighted by atomic mass is 16.5. The first kappa shape index (κ1) is 22.5. The van der Waals surface area contributed by atoms with Crippen LogP contribution in [0.15, 0.2) is 52.5 Å². The number of amides is 1. The van der Waals surface area contributed by atoms with E-state index in [2.05, 4.69) is 11.9 Å². The number of Topliss-reactive ketones (excluding diaryl/α,β-unsaturated/α-hetero) is 1. The first-order valence-corrected chi connectivity index (χ1v) is 10.7. The number of ether oxygens (including phenoxy) is 1. The van der Waals surface area contributed by atoms with Gasteiger partial charge in [-0.1, -0.05) is 19.1 Å². The summed E-state index contributed by atoms with van der Waals surface area (Å²) in [5.74, 6) is 0.540. The Labute approximate surface area is 184 Å². The number of benzene rings is 2. The Morgan fingerprint density at radius 2 is 1.87 bits per heavy atom. The molecule has 1 aliphatic rings. The van der Waals surface area contributed by atoms with Crippen molar-refractivity contribution >= 4 is 29.3 Å². The molecule has 2 aromatic rings. The minimum atomic E-state index is -0.480. The monoisotopic (exact) mass is 418 g/mol. The maximum atomic E-state index is 13.3. The Hall–Kier alpha value is -3.21. The quantitative estimate of drug-likeness (QED) is 0.533. The summed E-state index contributed by atoms with van der Waals surface area (Å²) in [4.78, 5) is 32.1. The molecular formula is C26H30N2O3. The van der Waals surface area contributed by atoms with E-state index in [1.54, 1.807) is 18.0 Å². The van der Waals surface area contributed by atoms with Gasteiger partial charge in [0.2, 0.25) is 0 Å². The van der Waals surface area contributed by atoms with Crippen molar-refractivity contribution in [2.75, 3.05) is 11.5 Å². The highest BCUT2D eigenvalue weighted by molar-refractivity contribution is 6.17. The Balaban J connectivity index is 2.15. The normalized spacial score (nSPS) is 16.5. The van der Waals surface area contributed by atoms with Gasteiger partial charge in [0.05, 0.1) is 18.3 Å². The van der Waals surface area contributed by atoms with Crippen molar-refractivity contribution in [3.8, 4) is 5.75 Å². The van der Waals surface area contributed by atoms with Crippen LogP contribution in [-0.4, -0.2) is 24.5 Å². The average Bonchev–Trinajstić information content (AvgIpc) is 2.99. The molecule has 0 bridgehead atoms. The van der Waals surface area contributed by atoms with Crippen molar-refractivity contribution in [3.63, 3.8) is 0 Å². The third kappa shape index (κ3) is 4.31. The van der Waals surface area contributed by atoms with E-state index in [1.165, 1.54) is 6.92 Å². The molecule has 0 radical (unpaired) electrons. The minimum Gasteiger partial charge on any atom is -0.494 e. The smallest absolute Gasteiger partial charge is 0.255 e. The van der Waals surface area contributed by atoms with Gasteiger partial charge in [-0.2, -0.15) is 0 Å². The summed E-state index contributed by atoms with van der Waals surface area (Å²) in [6, 6.07) is 11.1. The number of nitrogens with zero attached hydrogens (tertiary/aromatic N) is 2. The number of hydrogen-bond donors (Lipinski definition) is 0. The fraction of sp³-hybridized carbons (Fsp3) is 0.346. The van der Waals surface area contributed by atoms with Gasteiger partial charge in [-0.15, -0.1) is 0 Å². The fourth-order valence-corrected chi connectivity index (χ4v) is 4.06. The Morgan fingerprint density at radius 3 is 2.48 bits per heavy atom. The Bertz CT molecular complexity index is 1080. The topological polar surface area (TPSA) is 59.0 Å². The first-order chi connectivity index (χ1) is 14.8. The summed E-state index contributed by atoms with van der Waals surface area (Å²) < 4.78 is 5.76. The van der Waals surface area contributed by atoms with Crippen molar-refractivity contribution in [3.05, 3.63) is 64.2 Å². The number of anilines is 1.